The Hall–Kier alpha value is -4.46. The van der Waals surface area contributed by atoms with E-state index in [1.807, 2.05) is 42.5 Å². The van der Waals surface area contributed by atoms with Crippen LogP contribution in [0.5, 0.6) is 0 Å². The molecular formula is C22H18N8. The van der Waals surface area contributed by atoms with Gasteiger partial charge in [-0.05, 0) is 36.4 Å². The molecule has 0 radical (unpaired) electrons. The summed E-state index contributed by atoms with van der Waals surface area (Å²) >= 11 is 0. The average Bonchev–Trinajstić information content (AvgIpc) is 3.36. The highest BCUT2D eigenvalue weighted by Crippen LogP contribution is 2.26. The number of rotatable bonds is 4. The van der Waals surface area contributed by atoms with E-state index in [1.165, 1.54) is 0 Å². The number of nitrogen functional groups attached to an aromatic ring is 2. The molecule has 5 rings (SSSR count). The number of aromatic nitrogens is 4. The molecule has 0 unspecified atom stereocenters. The maximum absolute atomic E-state index is 7.59. The first-order valence-corrected chi connectivity index (χ1v) is 9.27. The van der Waals surface area contributed by atoms with Crippen LogP contribution in [-0.2, 0) is 0 Å². The Morgan fingerprint density at radius 3 is 1.77 bits per heavy atom. The molecule has 8 N–H and O–H groups in total. The Morgan fingerprint density at radius 2 is 1.13 bits per heavy atom. The van der Waals surface area contributed by atoms with Crippen molar-refractivity contribution in [2.75, 3.05) is 0 Å². The van der Waals surface area contributed by atoms with E-state index in [9.17, 15) is 0 Å². The van der Waals surface area contributed by atoms with Crippen LogP contribution in [0, 0.1) is 10.8 Å². The molecule has 8 heteroatoms. The highest BCUT2D eigenvalue weighted by atomic mass is 14.9. The van der Waals surface area contributed by atoms with Crippen LogP contribution in [0.1, 0.15) is 11.1 Å². The first-order valence-electron chi connectivity index (χ1n) is 9.27. The number of nitrogens with one attached hydrogen (secondary N) is 4. The maximum Gasteiger partial charge on any atom is 0.138 e. The fourth-order valence-electron chi connectivity index (χ4n) is 3.42. The van der Waals surface area contributed by atoms with E-state index in [2.05, 4.69) is 19.9 Å². The Balaban J connectivity index is 1.53. The van der Waals surface area contributed by atoms with E-state index in [-0.39, 0.29) is 11.7 Å². The van der Waals surface area contributed by atoms with E-state index in [0.717, 1.165) is 44.8 Å². The van der Waals surface area contributed by atoms with Crippen molar-refractivity contribution in [3.05, 3.63) is 71.8 Å². The van der Waals surface area contributed by atoms with Crippen LogP contribution in [0.4, 0.5) is 0 Å². The van der Waals surface area contributed by atoms with Gasteiger partial charge >= 0.3 is 0 Å². The van der Waals surface area contributed by atoms with Gasteiger partial charge in [0.2, 0.25) is 0 Å². The largest absolute Gasteiger partial charge is 0.384 e. The summed E-state index contributed by atoms with van der Waals surface area (Å²) in [5.41, 5.74) is 17.6. The number of amidine groups is 2. The molecule has 0 fully saturated rings. The fraction of sp³-hybridized carbons (Fsp3) is 0. The van der Waals surface area contributed by atoms with Crippen LogP contribution >= 0.6 is 0 Å². The molecule has 0 saturated carbocycles. The lowest BCUT2D eigenvalue weighted by Gasteiger charge is -1.99. The first-order chi connectivity index (χ1) is 14.5. The Bertz CT molecular complexity index is 1440. The van der Waals surface area contributed by atoms with E-state index < -0.39 is 0 Å². The third-order valence-electron chi connectivity index (χ3n) is 5.02. The summed E-state index contributed by atoms with van der Waals surface area (Å²) < 4.78 is 0. The molecule has 146 valence electrons. The van der Waals surface area contributed by atoms with E-state index in [1.54, 1.807) is 18.2 Å². The molecule has 0 spiro atoms. The lowest BCUT2D eigenvalue weighted by Crippen LogP contribution is -2.10. The summed E-state index contributed by atoms with van der Waals surface area (Å²) in [6, 6.07) is 18.8. The number of hydrogen-bond donors (Lipinski definition) is 6. The molecule has 0 aliphatic rings. The van der Waals surface area contributed by atoms with Gasteiger partial charge in [0.05, 0.1) is 22.1 Å². The molecule has 30 heavy (non-hydrogen) atoms. The van der Waals surface area contributed by atoms with Gasteiger partial charge in [0, 0.05) is 22.3 Å². The molecule has 2 aromatic heterocycles. The predicted molar refractivity (Wildman–Crippen MR) is 119 cm³/mol. The summed E-state index contributed by atoms with van der Waals surface area (Å²) in [6.07, 6.45) is 0. The van der Waals surface area contributed by atoms with Crippen LogP contribution in [0.25, 0.3) is 44.8 Å². The molecule has 3 aromatic carbocycles. The van der Waals surface area contributed by atoms with Crippen molar-refractivity contribution in [1.29, 1.82) is 10.8 Å². The van der Waals surface area contributed by atoms with E-state index in [4.69, 9.17) is 22.3 Å². The molecule has 0 aliphatic carbocycles. The number of fused-ring (bicyclic) bond motifs is 2. The van der Waals surface area contributed by atoms with Crippen molar-refractivity contribution < 1.29 is 0 Å². The van der Waals surface area contributed by atoms with Gasteiger partial charge in [0.1, 0.15) is 23.3 Å². The normalized spacial score (nSPS) is 11.2. The highest BCUT2D eigenvalue weighted by molar-refractivity contribution is 5.98. The lowest BCUT2D eigenvalue weighted by atomic mass is 10.1. The minimum Gasteiger partial charge on any atom is -0.384 e. The second-order valence-corrected chi connectivity index (χ2v) is 7.04. The summed E-state index contributed by atoms with van der Waals surface area (Å²) in [6.45, 7) is 0. The van der Waals surface area contributed by atoms with Gasteiger partial charge in [-0.2, -0.15) is 0 Å². The van der Waals surface area contributed by atoms with Crippen molar-refractivity contribution in [3.63, 3.8) is 0 Å². The van der Waals surface area contributed by atoms with Crippen LogP contribution in [0.2, 0.25) is 0 Å². The maximum atomic E-state index is 7.59. The number of benzene rings is 3. The van der Waals surface area contributed by atoms with Crippen LogP contribution < -0.4 is 11.5 Å². The van der Waals surface area contributed by atoms with Gasteiger partial charge in [-0.1, -0.05) is 24.3 Å². The molecule has 0 bridgehead atoms. The molecule has 0 atom stereocenters. The number of hydrogen-bond acceptors (Lipinski definition) is 4. The van der Waals surface area contributed by atoms with Crippen LogP contribution in [0.3, 0.4) is 0 Å². The van der Waals surface area contributed by atoms with Crippen LogP contribution in [-0.4, -0.2) is 31.6 Å². The molecule has 2 heterocycles. The topological polar surface area (TPSA) is 157 Å². The molecule has 0 aliphatic heterocycles. The smallest absolute Gasteiger partial charge is 0.138 e. The van der Waals surface area contributed by atoms with Crippen molar-refractivity contribution in [2.24, 2.45) is 11.5 Å². The molecular weight excluding hydrogens is 376 g/mol. The molecule has 8 nitrogen and oxygen atoms in total. The molecule has 0 amide bonds. The summed E-state index contributed by atoms with van der Waals surface area (Å²) in [4.78, 5) is 15.9. The SMILES string of the molecule is N=C(N)c1ccc(-c2nc3ccc(-c4nc5ccc(C(=N)N)cc5[nH]4)cc3[nH]2)cc1. The minimum absolute atomic E-state index is 0.0239. The third-order valence-corrected chi connectivity index (χ3v) is 5.02. The predicted octanol–water partition coefficient (Wildman–Crippen LogP) is 3.34. The number of nitrogens with zero attached hydrogens (tertiary/aromatic N) is 2. The van der Waals surface area contributed by atoms with Crippen molar-refractivity contribution in [2.45, 2.75) is 0 Å². The van der Waals surface area contributed by atoms with Gasteiger partial charge in [0.25, 0.3) is 0 Å². The monoisotopic (exact) mass is 394 g/mol. The third kappa shape index (κ3) is 2.96. The van der Waals surface area contributed by atoms with Crippen molar-refractivity contribution in [3.8, 4) is 22.8 Å². The highest BCUT2D eigenvalue weighted by Gasteiger charge is 2.11. The fourth-order valence-corrected chi connectivity index (χ4v) is 3.42. The van der Waals surface area contributed by atoms with E-state index >= 15 is 0 Å². The quantitative estimate of drug-likeness (QED) is 0.204. The van der Waals surface area contributed by atoms with Gasteiger partial charge in [-0.15, -0.1) is 0 Å². The van der Waals surface area contributed by atoms with Crippen molar-refractivity contribution >= 4 is 33.7 Å². The summed E-state index contributed by atoms with van der Waals surface area (Å²) in [7, 11) is 0. The second-order valence-electron chi connectivity index (χ2n) is 7.04. The number of H-pyrrole nitrogens is 2. The number of imidazole rings is 2. The minimum atomic E-state index is 0.0239. The van der Waals surface area contributed by atoms with E-state index in [0.29, 0.717) is 11.1 Å². The van der Waals surface area contributed by atoms with Crippen LogP contribution in [0.15, 0.2) is 60.7 Å². The number of aromatic amines is 2. The Labute approximate surface area is 171 Å². The zero-order chi connectivity index (χ0) is 20.8. The van der Waals surface area contributed by atoms with Crippen molar-refractivity contribution in [1.82, 2.24) is 19.9 Å². The molecule has 5 aromatic rings. The lowest BCUT2D eigenvalue weighted by molar-refractivity contribution is 1.33. The van der Waals surface area contributed by atoms with Gasteiger partial charge in [0.15, 0.2) is 0 Å². The first kappa shape index (κ1) is 17.6. The zero-order valence-corrected chi connectivity index (χ0v) is 15.8. The Kier molecular flexibility index (Phi) is 3.85. The van der Waals surface area contributed by atoms with Gasteiger partial charge < -0.3 is 21.4 Å². The van der Waals surface area contributed by atoms with Gasteiger partial charge in [-0.25, -0.2) is 9.97 Å². The number of nitrogens with two attached hydrogens (primary N) is 2. The Morgan fingerprint density at radius 1 is 0.633 bits per heavy atom. The summed E-state index contributed by atoms with van der Waals surface area (Å²) in [5.74, 6) is 1.54. The van der Waals surface area contributed by atoms with Gasteiger partial charge in [-0.3, -0.25) is 10.8 Å². The zero-order valence-electron chi connectivity index (χ0n) is 15.8. The molecule has 0 saturated heterocycles. The second kappa shape index (κ2) is 6.56. The average molecular weight is 394 g/mol. The standard InChI is InChI=1S/C22H18N8/c23-19(24)11-1-3-12(4-2-11)21-27-16-8-6-14(10-18(16)29-21)22-28-15-7-5-13(20(25)26)9-17(15)30-22/h1-10H,(H3,23,24)(H3,25,26)(H,27,29)(H,28,30). The summed E-state index contributed by atoms with van der Waals surface area (Å²) in [5, 5.41) is 15.1.